The van der Waals surface area contributed by atoms with Crippen LogP contribution in [0.15, 0.2) is 21.1 Å². The molecule has 4 heteroatoms. The molecule has 0 N–H and O–H groups in total. The lowest BCUT2D eigenvalue weighted by molar-refractivity contribution is 1.19. The van der Waals surface area contributed by atoms with Crippen molar-refractivity contribution in [2.45, 2.75) is 9.65 Å². The highest BCUT2D eigenvalue weighted by atomic mass is 79.9. The zero-order valence-electron chi connectivity index (χ0n) is 4.87. The molecule has 0 spiro atoms. The summed E-state index contributed by atoms with van der Waals surface area (Å²) in [7, 11) is 0. The standard InChI is InChI=1S/C6H4Br4/c7-4-1-2-5(8)6(9,10)3-4/h2-3H,1H2. The first-order valence-electron chi connectivity index (χ1n) is 2.63. The van der Waals surface area contributed by atoms with E-state index in [-0.39, 0.29) is 3.23 Å². The molecule has 0 fully saturated rings. The van der Waals surface area contributed by atoms with Crippen molar-refractivity contribution in [3.8, 4) is 0 Å². The molecule has 0 aromatic carbocycles. The molecule has 0 atom stereocenters. The van der Waals surface area contributed by atoms with E-state index in [0.29, 0.717) is 0 Å². The van der Waals surface area contributed by atoms with Crippen LogP contribution in [0.4, 0.5) is 0 Å². The summed E-state index contributed by atoms with van der Waals surface area (Å²) in [5.74, 6) is 0. The number of halogens is 4. The van der Waals surface area contributed by atoms with Gasteiger partial charge < -0.3 is 0 Å². The van der Waals surface area contributed by atoms with Gasteiger partial charge in [0.15, 0.2) is 0 Å². The van der Waals surface area contributed by atoms with Crippen LogP contribution in [0.3, 0.4) is 0 Å². The molecule has 1 aliphatic carbocycles. The van der Waals surface area contributed by atoms with Gasteiger partial charge in [0.25, 0.3) is 0 Å². The first-order valence-corrected chi connectivity index (χ1v) is 5.81. The topological polar surface area (TPSA) is 0 Å². The quantitative estimate of drug-likeness (QED) is 0.532. The smallest absolute Gasteiger partial charge is 0.0668 e. The Labute approximate surface area is 93.6 Å². The van der Waals surface area contributed by atoms with Crippen molar-refractivity contribution in [1.29, 1.82) is 0 Å². The molecule has 0 bridgehead atoms. The van der Waals surface area contributed by atoms with Crippen LogP contribution in [0.5, 0.6) is 0 Å². The van der Waals surface area contributed by atoms with Crippen molar-refractivity contribution >= 4 is 63.7 Å². The van der Waals surface area contributed by atoms with Crippen molar-refractivity contribution in [3.05, 3.63) is 21.1 Å². The molecule has 0 aliphatic heterocycles. The Bertz CT molecular complexity index is 202. The van der Waals surface area contributed by atoms with E-state index in [2.05, 4.69) is 75.9 Å². The van der Waals surface area contributed by atoms with E-state index in [9.17, 15) is 0 Å². The fourth-order valence-electron chi connectivity index (χ4n) is 0.648. The first-order chi connectivity index (χ1) is 4.52. The molecule has 0 aromatic rings. The van der Waals surface area contributed by atoms with Crippen molar-refractivity contribution in [3.63, 3.8) is 0 Å². The molecule has 0 aromatic heterocycles. The molecule has 1 rings (SSSR count). The SMILES string of the molecule is BrC1=CC(Br)(Br)C(Br)=CC1. The van der Waals surface area contributed by atoms with Crippen molar-refractivity contribution in [1.82, 2.24) is 0 Å². The predicted octanol–water partition coefficient (Wildman–Crippen LogP) is 4.43. The molecule has 0 radical (unpaired) electrons. The lowest BCUT2D eigenvalue weighted by Crippen LogP contribution is -2.10. The van der Waals surface area contributed by atoms with E-state index in [1.165, 1.54) is 4.48 Å². The third-order valence-electron chi connectivity index (χ3n) is 1.13. The molecule has 0 unspecified atom stereocenters. The van der Waals surface area contributed by atoms with Crippen molar-refractivity contribution in [2.24, 2.45) is 0 Å². The fraction of sp³-hybridized carbons (Fsp3) is 0.333. The number of rotatable bonds is 0. The van der Waals surface area contributed by atoms with Crippen LogP contribution in [0.25, 0.3) is 0 Å². The Morgan fingerprint density at radius 1 is 1.30 bits per heavy atom. The van der Waals surface area contributed by atoms with E-state index in [0.717, 1.165) is 10.9 Å². The van der Waals surface area contributed by atoms with Crippen LogP contribution < -0.4 is 0 Å². The molecule has 0 saturated heterocycles. The molecule has 1 aliphatic rings. The summed E-state index contributed by atoms with van der Waals surface area (Å²) >= 11 is 13.9. The monoisotopic (exact) mass is 392 g/mol. The lowest BCUT2D eigenvalue weighted by Gasteiger charge is -2.20. The molecule has 0 amide bonds. The third-order valence-corrected chi connectivity index (χ3v) is 5.01. The Hall–Kier alpha value is 1.40. The van der Waals surface area contributed by atoms with E-state index in [1.54, 1.807) is 0 Å². The average Bonchev–Trinajstić information content (AvgIpc) is 1.78. The zero-order chi connectivity index (χ0) is 7.78. The summed E-state index contributed by atoms with van der Waals surface area (Å²) in [4.78, 5) is 0. The van der Waals surface area contributed by atoms with E-state index < -0.39 is 0 Å². The van der Waals surface area contributed by atoms with Gasteiger partial charge in [0, 0.05) is 4.48 Å². The molecule has 56 valence electrons. The summed E-state index contributed by atoms with van der Waals surface area (Å²) in [5, 5.41) is 0. The maximum absolute atomic E-state index is 3.49. The summed E-state index contributed by atoms with van der Waals surface area (Å²) in [6, 6.07) is 0. The van der Waals surface area contributed by atoms with Crippen LogP contribution in [0, 0.1) is 0 Å². The van der Waals surface area contributed by atoms with Crippen LogP contribution in [-0.2, 0) is 0 Å². The molecule has 0 heterocycles. The highest BCUT2D eigenvalue weighted by molar-refractivity contribution is 9.26. The Morgan fingerprint density at radius 2 is 1.90 bits per heavy atom. The second-order valence-electron chi connectivity index (χ2n) is 1.97. The van der Waals surface area contributed by atoms with Gasteiger partial charge in [-0.25, -0.2) is 0 Å². The Morgan fingerprint density at radius 3 is 2.30 bits per heavy atom. The summed E-state index contributed by atoms with van der Waals surface area (Å²) in [5.41, 5.74) is 0. The minimum absolute atomic E-state index is 0.197. The van der Waals surface area contributed by atoms with Gasteiger partial charge in [0.05, 0.1) is 0 Å². The van der Waals surface area contributed by atoms with Crippen LogP contribution in [0.1, 0.15) is 6.42 Å². The highest BCUT2D eigenvalue weighted by Gasteiger charge is 2.26. The summed E-state index contributed by atoms with van der Waals surface area (Å²) in [6.45, 7) is 0. The Kier molecular flexibility index (Phi) is 3.24. The number of hydrogen-bond donors (Lipinski definition) is 0. The minimum atomic E-state index is -0.197. The highest BCUT2D eigenvalue weighted by Crippen LogP contribution is 2.44. The van der Waals surface area contributed by atoms with Crippen LogP contribution in [-0.4, -0.2) is 3.23 Å². The molecule has 0 nitrogen and oxygen atoms in total. The van der Waals surface area contributed by atoms with E-state index >= 15 is 0 Å². The zero-order valence-corrected chi connectivity index (χ0v) is 11.2. The normalized spacial score (nSPS) is 23.6. The average molecular weight is 396 g/mol. The van der Waals surface area contributed by atoms with Gasteiger partial charge in [-0.05, 0) is 17.0 Å². The number of alkyl halides is 2. The lowest BCUT2D eigenvalue weighted by atomic mass is 10.2. The largest absolute Gasteiger partial charge is 0.130 e. The molecule has 0 saturated carbocycles. The number of hydrogen-bond acceptors (Lipinski definition) is 0. The predicted molar refractivity (Wildman–Crippen MR) is 59.2 cm³/mol. The third kappa shape index (κ3) is 2.19. The second-order valence-corrected chi connectivity index (χ2v) is 7.41. The van der Waals surface area contributed by atoms with Crippen molar-refractivity contribution < 1.29 is 0 Å². The summed E-state index contributed by atoms with van der Waals surface area (Å²) in [6.07, 6.45) is 5.13. The first kappa shape index (κ1) is 9.49. The van der Waals surface area contributed by atoms with Gasteiger partial charge >= 0.3 is 0 Å². The van der Waals surface area contributed by atoms with Crippen molar-refractivity contribution in [2.75, 3.05) is 0 Å². The van der Waals surface area contributed by atoms with E-state index in [4.69, 9.17) is 0 Å². The van der Waals surface area contributed by atoms with Gasteiger partial charge in [-0.2, -0.15) is 0 Å². The second kappa shape index (κ2) is 3.42. The molecule has 10 heavy (non-hydrogen) atoms. The molecular weight excluding hydrogens is 392 g/mol. The van der Waals surface area contributed by atoms with Gasteiger partial charge in [0.1, 0.15) is 3.23 Å². The molecular formula is C6H4Br4. The van der Waals surface area contributed by atoms with Gasteiger partial charge in [-0.3, -0.25) is 0 Å². The van der Waals surface area contributed by atoms with Crippen LogP contribution >= 0.6 is 63.7 Å². The van der Waals surface area contributed by atoms with Gasteiger partial charge in [-0.15, -0.1) is 0 Å². The van der Waals surface area contributed by atoms with Gasteiger partial charge in [0.2, 0.25) is 0 Å². The van der Waals surface area contributed by atoms with Crippen LogP contribution in [0.2, 0.25) is 0 Å². The maximum Gasteiger partial charge on any atom is 0.130 e. The maximum atomic E-state index is 3.49. The van der Waals surface area contributed by atoms with E-state index in [1.807, 2.05) is 0 Å². The minimum Gasteiger partial charge on any atom is -0.0668 e. The summed E-state index contributed by atoms with van der Waals surface area (Å²) < 4.78 is 2.10. The van der Waals surface area contributed by atoms with Gasteiger partial charge in [-0.1, -0.05) is 69.8 Å². The number of allylic oxidation sites excluding steroid dienone is 4. The fourth-order valence-corrected chi connectivity index (χ4v) is 2.92. The Balaban J connectivity index is 2.90.